The molecule has 0 fully saturated rings. The van der Waals surface area contributed by atoms with Crippen LogP contribution in [0.5, 0.6) is 11.5 Å². The van der Waals surface area contributed by atoms with Crippen LogP contribution in [0, 0.1) is 0 Å². The van der Waals surface area contributed by atoms with E-state index in [2.05, 4.69) is 46.5 Å². The van der Waals surface area contributed by atoms with Crippen molar-refractivity contribution < 1.29 is 22.7 Å². The van der Waals surface area contributed by atoms with Crippen molar-refractivity contribution in [3.8, 4) is 22.6 Å². The van der Waals surface area contributed by atoms with Gasteiger partial charge in [0.25, 0.3) is 0 Å². The zero-order valence-electron chi connectivity index (χ0n) is 29.0. The molecule has 52 heavy (non-hydrogen) atoms. The van der Waals surface area contributed by atoms with Gasteiger partial charge in [-0.15, -0.1) is 11.8 Å². The molecule has 2 unspecified atom stereocenters. The smallest absolute Gasteiger partial charge is 0.240 e. The molecule has 0 aliphatic carbocycles. The summed E-state index contributed by atoms with van der Waals surface area (Å²) in [5.74, 6) is -0.0247. The fourth-order valence-electron chi connectivity index (χ4n) is 6.59. The molecule has 11 heteroatoms. The third kappa shape index (κ3) is 7.84. The molecule has 8 nitrogen and oxygen atoms in total. The van der Waals surface area contributed by atoms with E-state index in [4.69, 9.17) is 26.1 Å². The van der Waals surface area contributed by atoms with Gasteiger partial charge in [0.2, 0.25) is 15.9 Å². The van der Waals surface area contributed by atoms with Crippen LogP contribution in [0.4, 0.5) is 0 Å². The van der Waals surface area contributed by atoms with E-state index in [0.717, 1.165) is 67.9 Å². The molecular formula is C41H38ClN3O5S2. The first-order valence-corrected chi connectivity index (χ1v) is 20.1. The molecule has 0 radical (unpaired) electrons. The lowest BCUT2D eigenvalue weighted by atomic mass is 10.00. The highest BCUT2D eigenvalue weighted by Gasteiger charge is 2.30. The van der Waals surface area contributed by atoms with Gasteiger partial charge in [0, 0.05) is 50.0 Å². The number of amides is 1. The van der Waals surface area contributed by atoms with E-state index in [1.165, 1.54) is 0 Å². The Hall–Kier alpha value is -4.77. The summed E-state index contributed by atoms with van der Waals surface area (Å²) in [7, 11) is -3.71. The monoisotopic (exact) mass is 751 g/mol. The molecular weight excluding hydrogens is 714 g/mol. The fourth-order valence-corrected chi connectivity index (χ4v) is 8.56. The van der Waals surface area contributed by atoms with E-state index < -0.39 is 21.8 Å². The molecule has 3 heterocycles. The van der Waals surface area contributed by atoms with Gasteiger partial charge < -0.3 is 14.0 Å². The SMILES string of the molecule is CC1Cc2c(OCc3ccc(-c4ccccc4)cn3)ccc3c2c(c(COc2ccccc2C(C)C(=O)NS(C)(=O)=O)n3Cc2ccc(Cl)cc2)S1. The van der Waals surface area contributed by atoms with Crippen LogP contribution in [0.1, 0.15) is 47.8 Å². The lowest BCUT2D eigenvalue weighted by molar-refractivity contribution is -0.120. The number of rotatable bonds is 12. The van der Waals surface area contributed by atoms with Gasteiger partial charge in [0.1, 0.15) is 24.7 Å². The predicted molar refractivity (Wildman–Crippen MR) is 208 cm³/mol. The molecule has 1 amide bonds. The Balaban J connectivity index is 1.23. The predicted octanol–water partition coefficient (Wildman–Crippen LogP) is 8.78. The standard InChI is InChI=1S/C41H38ClN3O5S2/c1-26-21-34-38(49-24-32-18-15-30(22-43-32)29-9-5-4-6-10-29)20-19-35-39(34)40(51-26)36(45(35)23-28-13-16-31(42)17-14-28)25-50-37-12-8-7-11-33(37)27(2)41(46)44-52(3,47)48/h4-20,22,26-27H,21,23-25H2,1-3H3,(H,44,46). The Bertz CT molecular complexity index is 2350. The number of carbonyl (C=O) groups excluding carboxylic acids is 1. The van der Waals surface area contributed by atoms with Gasteiger partial charge in [0.15, 0.2) is 0 Å². The molecule has 4 aromatic carbocycles. The summed E-state index contributed by atoms with van der Waals surface area (Å²) in [4.78, 5) is 18.7. The Labute approximate surface area is 313 Å². The molecule has 7 rings (SSSR count). The molecule has 1 aliphatic heterocycles. The first kappa shape index (κ1) is 35.6. The van der Waals surface area contributed by atoms with Gasteiger partial charge >= 0.3 is 0 Å². The van der Waals surface area contributed by atoms with Gasteiger partial charge in [0.05, 0.1) is 29.1 Å². The molecule has 0 bridgehead atoms. The largest absolute Gasteiger partial charge is 0.487 e. The van der Waals surface area contributed by atoms with Crippen molar-refractivity contribution in [1.82, 2.24) is 14.3 Å². The summed E-state index contributed by atoms with van der Waals surface area (Å²) in [6.07, 6.45) is 3.69. The quantitative estimate of drug-likeness (QED) is 0.134. The summed E-state index contributed by atoms with van der Waals surface area (Å²) in [6, 6.07) is 33.5. The van der Waals surface area contributed by atoms with Crippen molar-refractivity contribution in [1.29, 1.82) is 0 Å². The Kier molecular flexibility index (Phi) is 10.3. The number of carbonyl (C=O) groups is 1. The summed E-state index contributed by atoms with van der Waals surface area (Å²) in [6.45, 7) is 5.05. The zero-order valence-corrected chi connectivity index (χ0v) is 31.4. The lowest BCUT2D eigenvalue weighted by Gasteiger charge is -2.22. The van der Waals surface area contributed by atoms with Crippen molar-refractivity contribution in [2.75, 3.05) is 6.26 Å². The van der Waals surface area contributed by atoms with Crippen LogP contribution in [-0.4, -0.2) is 35.4 Å². The fraction of sp³-hybridized carbons (Fsp3) is 0.220. The Morgan fingerprint density at radius 1 is 0.923 bits per heavy atom. The van der Waals surface area contributed by atoms with Crippen molar-refractivity contribution >= 4 is 50.2 Å². The number of hydrogen-bond acceptors (Lipinski definition) is 7. The van der Waals surface area contributed by atoms with Crippen molar-refractivity contribution in [3.63, 3.8) is 0 Å². The highest BCUT2D eigenvalue weighted by atomic mass is 35.5. The second-order valence-electron chi connectivity index (χ2n) is 13.0. The number of nitrogens with zero attached hydrogens (tertiary/aromatic N) is 2. The zero-order chi connectivity index (χ0) is 36.4. The van der Waals surface area contributed by atoms with Crippen molar-refractivity contribution in [3.05, 3.63) is 142 Å². The third-order valence-electron chi connectivity index (χ3n) is 9.15. The van der Waals surface area contributed by atoms with E-state index in [0.29, 0.717) is 29.5 Å². The maximum absolute atomic E-state index is 12.8. The van der Waals surface area contributed by atoms with Gasteiger partial charge in [-0.25, -0.2) is 8.42 Å². The first-order chi connectivity index (χ1) is 25.0. The second kappa shape index (κ2) is 15.1. The Morgan fingerprint density at radius 3 is 2.38 bits per heavy atom. The van der Waals surface area contributed by atoms with Crippen LogP contribution in [0.2, 0.25) is 5.02 Å². The van der Waals surface area contributed by atoms with Gasteiger partial charge in [-0.3, -0.25) is 14.5 Å². The number of halogens is 1. The van der Waals surface area contributed by atoms with E-state index in [1.54, 1.807) is 13.0 Å². The number of aromatic nitrogens is 2. The number of pyridine rings is 1. The normalized spacial score (nSPS) is 14.6. The minimum atomic E-state index is -3.71. The average molecular weight is 752 g/mol. The number of para-hydroxylation sites is 1. The maximum atomic E-state index is 12.8. The van der Waals surface area contributed by atoms with Crippen LogP contribution >= 0.6 is 23.4 Å². The van der Waals surface area contributed by atoms with Gasteiger partial charge in [-0.1, -0.05) is 85.3 Å². The number of nitrogens with one attached hydrogen (secondary N) is 1. The average Bonchev–Trinajstić information content (AvgIpc) is 3.42. The number of thioether (sulfide) groups is 1. The molecule has 1 aliphatic rings. The molecule has 1 N–H and O–H groups in total. The summed E-state index contributed by atoms with van der Waals surface area (Å²) >= 11 is 8.07. The van der Waals surface area contributed by atoms with Crippen LogP contribution < -0.4 is 14.2 Å². The van der Waals surface area contributed by atoms with E-state index >= 15 is 0 Å². The summed E-state index contributed by atoms with van der Waals surface area (Å²) in [5.41, 5.74) is 7.94. The van der Waals surface area contributed by atoms with Crippen LogP contribution in [0.3, 0.4) is 0 Å². The molecule has 266 valence electrons. The second-order valence-corrected chi connectivity index (χ2v) is 16.7. The maximum Gasteiger partial charge on any atom is 0.240 e. The van der Waals surface area contributed by atoms with Gasteiger partial charge in [-0.2, -0.15) is 0 Å². The highest BCUT2D eigenvalue weighted by molar-refractivity contribution is 8.00. The summed E-state index contributed by atoms with van der Waals surface area (Å²) in [5, 5.41) is 2.10. The minimum absolute atomic E-state index is 0.224. The molecule has 0 saturated carbocycles. The summed E-state index contributed by atoms with van der Waals surface area (Å²) < 4.78 is 41.0. The molecule has 0 saturated heterocycles. The van der Waals surface area contributed by atoms with E-state index in [1.807, 2.05) is 84.7 Å². The third-order valence-corrected chi connectivity index (χ3v) is 11.2. The number of hydrogen-bond donors (Lipinski definition) is 1. The lowest BCUT2D eigenvalue weighted by Crippen LogP contribution is -2.33. The number of sulfonamides is 1. The van der Waals surface area contributed by atoms with Gasteiger partial charge in [-0.05, 0) is 60.9 Å². The first-order valence-electron chi connectivity index (χ1n) is 17.0. The van der Waals surface area contributed by atoms with Crippen LogP contribution in [0.25, 0.3) is 22.0 Å². The highest BCUT2D eigenvalue weighted by Crippen LogP contribution is 2.47. The van der Waals surface area contributed by atoms with Crippen molar-refractivity contribution in [2.45, 2.75) is 56.1 Å². The molecule has 2 atom stereocenters. The Morgan fingerprint density at radius 2 is 1.65 bits per heavy atom. The molecule has 6 aromatic rings. The minimum Gasteiger partial charge on any atom is -0.487 e. The van der Waals surface area contributed by atoms with E-state index in [-0.39, 0.29) is 11.9 Å². The van der Waals surface area contributed by atoms with Crippen LogP contribution in [0.15, 0.2) is 114 Å². The van der Waals surface area contributed by atoms with Crippen LogP contribution in [-0.2, 0) is 41.0 Å². The van der Waals surface area contributed by atoms with Crippen molar-refractivity contribution in [2.24, 2.45) is 0 Å². The molecule has 2 aromatic heterocycles. The topological polar surface area (TPSA) is 99.5 Å². The number of ether oxygens (including phenoxy) is 2. The molecule has 0 spiro atoms. The number of benzene rings is 4. The van der Waals surface area contributed by atoms with E-state index in [9.17, 15) is 13.2 Å².